The molecule has 1 aromatic heterocycles. The Balaban J connectivity index is 1.43. The van der Waals surface area contributed by atoms with Crippen molar-refractivity contribution in [3.05, 3.63) is 42.5 Å². The van der Waals surface area contributed by atoms with Gasteiger partial charge in [0.15, 0.2) is 0 Å². The zero-order valence-corrected chi connectivity index (χ0v) is 32.7. The van der Waals surface area contributed by atoms with Crippen LogP contribution in [0.1, 0.15) is 72.6 Å². The summed E-state index contributed by atoms with van der Waals surface area (Å²) in [6.45, 7) is 4.39. The van der Waals surface area contributed by atoms with E-state index in [0.717, 1.165) is 4.90 Å². The zero-order chi connectivity index (χ0) is 41.0. The quantitative estimate of drug-likeness (QED) is 0.314. The first kappa shape index (κ1) is 41.0. The molecule has 3 N–H and O–H groups in total. The summed E-state index contributed by atoms with van der Waals surface area (Å²) in [7, 11) is -2.60. The van der Waals surface area contributed by atoms with E-state index >= 15 is 0 Å². The molecule has 0 bridgehead atoms. The van der Waals surface area contributed by atoms with Gasteiger partial charge in [-0.05, 0) is 75.7 Å². The van der Waals surface area contributed by atoms with Gasteiger partial charge in [-0.25, -0.2) is 13.2 Å². The second kappa shape index (κ2) is 15.0. The molecule has 0 spiro atoms. The third kappa shape index (κ3) is 7.98. The highest BCUT2D eigenvalue weighted by molar-refractivity contribution is 7.91. The SMILES string of the molecule is COc1cc2ccccc2c(O[C@@H]2C[C@H]3C(=O)N[C@]4(C(=O)NS(=O)(=O)C5CC5)C[C@H]4/C=C\CC[C@@H](C)C[C@@H](C)[C@H](N(C(=O)O)C(C)(C)C(F)(F)F)C(=O)N3C2)n1. The molecule has 1 aromatic carbocycles. The normalized spacial score (nSPS) is 29.5. The fraction of sp³-hybridized carbons (Fsp3) is 0.605. The summed E-state index contributed by atoms with van der Waals surface area (Å²) in [4.78, 5) is 61.7. The Hall–Kier alpha value is -4.61. The minimum atomic E-state index is -5.09. The van der Waals surface area contributed by atoms with Crippen molar-refractivity contribution in [1.82, 2.24) is 24.8 Å². The lowest BCUT2D eigenvalue weighted by atomic mass is 9.85. The van der Waals surface area contributed by atoms with E-state index in [2.05, 4.69) is 15.0 Å². The van der Waals surface area contributed by atoms with E-state index in [0.29, 0.717) is 50.3 Å². The average Bonchev–Trinajstić information content (AvgIpc) is 4.04. The molecule has 2 saturated carbocycles. The van der Waals surface area contributed by atoms with E-state index in [9.17, 15) is 45.9 Å². The number of hydrogen-bond acceptors (Lipinski definition) is 9. The van der Waals surface area contributed by atoms with Crippen LogP contribution >= 0.6 is 0 Å². The summed E-state index contributed by atoms with van der Waals surface area (Å²) in [5.74, 6) is -4.29. The number of benzene rings is 1. The number of nitrogens with zero attached hydrogens (tertiary/aromatic N) is 3. The molecule has 2 aromatic rings. The third-order valence-corrected chi connectivity index (χ3v) is 13.3. The van der Waals surface area contributed by atoms with Crippen molar-refractivity contribution in [2.75, 3.05) is 13.7 Å². The number of pyridine rings is 1. The predicted molar refractivity (Wildman–Crippen MR) is 197 cm³/mol. The van der Waals surface area contributed by atoms with E-state index in [1.54, 1.807) is 42.5 Å². The summed E-state index contributed by atoms with van der Waals surface area (Å²) in [6.07, 6.45) is -2.76. The number of carbonyl (C=O) groups is 4. The number of fused-ring (bicyclic) bond motifs is 3. The topological polar surface area (TPSA) is 185 Å². The Morgan fingerprint density at radius 3 is 2.45 bits per heavy atom. The number of aromatic nitrogens is 1. The Labute approximate surface area is 323 Å². The van der Waals surface area contributed by atoms with Crippen molar-refractivity contribution in [3.63, 3.8) is 0 Å². The van der Waals surface area contributed by atoms with E-state index in [-0.39, 0.29) is 48.4 Å². The van der Waals surface area contributed by atoms with Crippen LogP contribution in [0.25, 0.3) is 10.8 Å². The van der Waals surface area contributed by atoms with Crippen LogP contribution in [0.4, 0.5) is 18.0 Å². The van der Waals surface area contributed by atoms with Gasteiger partial charge in [0, 0.05) is 23.8 Å². The van der Waals surface area contributed by atoms with Gasteiger partial charge in [0.1, 0.15) is 29.3 Å². The zero-order valence-electron chi connectivity index (χ0n) is 31.8. The number of rotatable bonds is 8. The molecular formula is C38H48F3N5O9S. The fourth-order valence-corrected chi connectivity index (χ4v) is 9.34. The molecule has 3 fully saturated rings. The maximum atomic E-state index is 14.9. The van der Waals surface area contributed by atoms with E-state index in [4.69, 9.17) is 9.47 Å². The Morgan fingerprint density at radius 2 is 1.80 bits per heavy atom. The molecule has 3 heterocycles. The maximum Gasteiger partial charge on any atom is 0.411 e. The van der Waals surface area contributed by atoms with Crippen molar-refractivity contribution in [2.45, 2.75) is 113 Å². The molecule has 1 saturated heterocycles. The molecule has 306 valence electrons. The van der Waals surface area contributed by atoms with Crippen molar-refractivity contribution >= 4 is 44.6 Å². The smallest absolute Gasteiger partial charge is 0.411 e. The number of nitrogens with one attached hydrogen (secondary N) is 2. The fourth-order valence-electron chi connectivity index (χ4n) is 7.98. The maximum absolute atomic E-state index is 14.9. The molecule has 0 radical (unpaired) electrons. The second-order valence-corrected chi connectivity index (χ2v) is 18.1. The summed E-state index contributed by atoms with van der Waals surface area (Å²) >= 11 is 0. The summed E-state index contributed by atoms with van der Waals surface area (Å²) in [5, 5.41) is 13.7. The number of allylic oxidation sites excluding steroid dienone is 1. The van der Waals surface area contributed by atoms with Crippen LogP contribution in [-0.4, -0.2) is 106 Å². The molecule has 6 rings (SSSR count). The van der Waals surface area contributed by atoms with E-state index in [1.165, 1.54) is 14.0 Å². The first-order valence-electron chi connectivity index (χ1n) is 18.7. The number of ether oxygens (including phenoxy) is 2. The first-order chi connectivity index (χ1) is 26.2. The average molecular weight is 808 g/mol. The van der Waals surface area contributed by atoms with Crippen LogP contribution in [0.5, 0.6) is 11.8 Å². The van der Waals surface area contributed by atoms with Gasteiger partial charge in [0.25, 0.3) is 5.91 Å². The van der Waals surface area contributed by atoms with Gasteiger partial charge in [-0.1, -0.05) is 44.2 Å². The standard InChI is InChI=1S/C38H48F3N5O9S/c1-21-10-6-8-12-24-19-37(24,34(49)44-56(52,53)26-14-15-26)43-31(47)28-18-25(55-32-27-13-9-7-11-23(27)17-29(42-32)54-5)20-45(28)33(48)30(22(2)16-21)46(35(50)51)36(3,4)38(39,40)41/h7-9,11-13,17,21-22,24-26,28,30H,6,10,14-16,18-20H2,1-5H3,(H,43,47)(H,44,49)(H,50,51)/b12-8-/t21-,22-,24-,25-,28+,30+,37-/m1/s1. The Bertz CT molecular complexity index is 2020. The lowest BCUT2D eigenvalue weighted by Crippen LogP contribution is -2.66. The van der Waals surface area contributed by atoms with Crippen LogP contribution < -0.4 is 19.5 Å². The summed E-state index contributed by atoms with van der Waals surface area (Å²) in [6, 6.07) is 5.40. The lowest BCUT2D eigenvalue weighted by molar-refractivity contribution is -0.222. The van der Waals surface area contributed by atoms with Gasteiger partial charge in [0.2, 0.25) is 33.6 Å². The number of amides is 4. The van der Waals surface area contributed by atoms with Crippen molar-refractivity contribution in [1.29, 1.82) is 0 Å². The van der Waals surface area contributed by atoms with Gasteiger partial charge < -0.3 is 24.8 Å². The monoisotopic (exact) mass is 807 g/mol. The number of halogens is 3. The molecule has 2 aliphatic carbocycles. The molecule has 7 atom stereocenters. The molecule has 2 aliphatic heterocycles. The third-order valence-electron chi connectivity index (χ3n) is 11.5. The van der Waals surface area contributed by atoms with Gasteiger partial charge in [0.05, 0.1) is 18.9 Å². The van der Waals surface area contributed by atoms with Gasteiger partial charge >= 0.3 is 12.3 Å². The van der Waals surface area contributed by atoms with Crippen molar-refractivity contribution in [2.24, 2.45) is 17.8 Å². The highest BCUT2D eigenvalue weighted by Crippen LogP contribution is 2.47. The number of alkyl halides is 3. The number of methoxy groups -OCH3 is 1. The summed E-state index contributed by atoms with van der Waals surface area (Å²) < 4.78 is 83.5. The first-order valence-corrected chi connectivity index (χ1v) is 20.3. The number of hydrogen-bond donors (Lipinski definition) is 3. The highest BCUT2D eigenvalue weighted by Gasteiger charge is 2.63. The van der Waals surface area contributed by atoms with Gasteiger partial charge in [-0.15, -0.1) is 0 Å². The van der Waals surface area contributed by atoms with Crippen LogP contribution in [0.15, 0.2) is 42.5 Å². The number of carbonyl (C=O) groups excluding carboxylic acids is 3. The van der Waals surface area contributed by atoms with Crippen LogP contribution in [0.2, 0.25) is 0 Å². The second-order valence-electron chi connectivity index (χ2n) is 16.1. The van der Waals surface area contributed by atoms with Crippen molar-refractivity contribution in [3.8, 4) is 11.8 Å². The largest absolute Gasteiger partial charge is 0.481 e. The van der Waals surface area contributed by atoms with Gasteiger partial charge in [-0.3, -0.25) is 24.0 Å². The molecule has 0 unspecified atom stereocenters. The van der Waals surface area contributed by atoms with Crippen LogP contribution in [0, 0.1) is 17.8 Å². The lowest BCUT2D eigenvalue weighted by Gasteiger charge is -2.45. The molecule has 4 amide bonds. The van der Waals surface area contributed by atoms with Crippen LogP contribution in [0.3, 0.4) is 0 Å². The highest BCUT2D eigenvalue weighted by atomic mass is 32.2. The number of sulfonamides is 1. The van der Waals surface area contributed by atoms with Gasteiger partial charge in [-0.2, -0.15) is 18.2 Å². The molecule has 56 heavy (non-hydrogen) atoms. The Kier molecular flexibility index (Phi) is 11.0. The summed E-state index contributed by atoms with van der Waals surface area (Å²) in [5.41, 5.74) is -4.73. The van der Waals surface area contributed by atoms with E-state index in [1.807, 2.05) is 6.92 Å². The predicted octanol–water partition coefficient (Wildman–Crippen LogP) is 4.78. The molecule has 14 nitrogen and oxygen atoms in total. The van der Waals surface area contributed by atoms with Crippen LogP contribution in [-0.2, 0) is 24.4 Å². The molecular weight excluding hydrogens is 760 g/mol. The minimum absolute atomic E-state index is 0.0589. The van der Waals surface area contributed by atoms with Crippen molar-refractivity contribution < 1.29 is 55.3 Å². The molecule has 4 aliphatic rings. The molecule has 18 heteroatoms. The number of carboxylic acid groups (broad SMARTS) is 1. The minimum Gasteiger partial charge on any atom is -0.481 e. The van der Waals surface area contributed by atoms with E-state index < -0.39 is 86.4 Å². The Morgan fingerprint density at radius 1 is 1.11 bits per heavy atom.